The Hall–Kier alpha value is -1.41. The van der Waals surface area contributed by atoms with Gasteiger partial charge >= 0.3 is 19.8 Å². The maximum atomic E-state index is 12.9. The standard InChI is InChI=1S/C53H101O13P/c1-3-5-7-9-11-13-15-17-19-20-21-22-23-24-25-26-28-30-32-34-36-38-40-42-47(55)65-45(44-64-67(61,62)66-53-51(59)49(57)48(56)50(58)52(53)60)43-63-46(54)41-39-37-35-33-31-29-27-18-16-14-12-10-8-6-4-2/h35,37,45,48-53,56-60H,3-34,36,38-44H2,1-2H3,(H,61,62)/b37-35+/t45-,48?,49-,50?,51?,52?,53?/m1/s1. The molecule has 14 heteroatoms. The highest BCUT2D eigenvalue weighted by molar-refractivity contribution is 7.47. The summed E-state index contributed by atoms with van der Waals surface area (Å²) < 4.78 is 33.6. The van der Waals surface area contributed by atoms with E-state index in [2.05, 4.69) is 19.9 Å². The Labute approximate surface area is 407 Å². The van der Waals surface area contributed by atoms with Gasteiger partial charge in [-0.1, -0.05) is 231 Å². The zero-order chi connectivity index (χ0) is 49.2. The van der Waals surface area contributed by atoms with Gasteiger partial charge < -0.3 is 39.9 Å². The monoisotopic (exact) mass is 977 g/mol. The molecule has 0 aromatic carbocycles. The van der Waals surface area contributed by atoms with Gasteiger partial charge in [0.25, 0.3) is 0 Å². The van der Waals surface area contributed by atoms with Crippen molar-refractivity contribution >= 4 is 19.8 Å². The summed E-state index contributed by atoms with van der Waals surface area (Å²) in [6.45, 7) is 3.32. The number of rotatable bonds is 47. The van der Waals surface area contributed by atoms with Gasteiger partial charge in [-0.3, -0.25) is 18.6 Å². The van der Waals surface area contributed by atoms with Crippen molar-refractivity contribution in [1.29, 1.82) is 0 Å². The zero-order valence-corrected chi connectivity index (χ0v) is 43.4. The normalized spacial score (nSPS) is 21.1. The summed E-state index contributed by atoms with van der Waals surface area (Å²) in [6, 6.07) is 0. The van der Waals surface area contributed by atoms with Gasteiger partial charge in [-0.25, -0.2) is 4.57 Å². The first-order valence-corrected chi connectivity index (χ1v) is 29.0. The van der Waals surface area contributed by atoms with E-state index in [-0.39, 0.29) is 12.8 Å². The van der Waals surface area contributed by atoms with Crippen molar-refractivity contribution in [2.45, 2.75) is 301 Å². The first-order chi connectivity index (χ1) is 32.4. The summed E-state index contributed by atoms with van der Waals surface area (Å²) in [5, 5.41) is 50.3. The molecular formula is C53H101O13P. The van der Waals surface area contributed by atoms with E-state index in [1.54, 1.807) is 0 Å². The van der Waals surface area contributed by atoms with Crippen LogP contribution in [0.5, 0.6) is 0 Å². The van der Waals surface area contributed by atoms with Crippen LogP contribution in [0.25, 0.3) is 0 Å². The molecule has 0 saturated heterocycles. The molecule has 0 aromatic heterocycles. The number of hydrogen-bond acceptors (Lipinski definition) is 12. The summed E-state index contributed by atoms with van der Waals surface area (Å²) in [4.78, 5) is 35.8. The van der Waals surface area contributed by atoms with E-state index in [9.17, 15) is 44.6 Å². The van der Waals surface area contributed by atoms with Gasteiger partial charge in [-0.05, 0) is 25.7 Å². The van der Waals surface area contributed by atoms with Crippen molar-refractivity contribution in [2.75, 3.05) is 13.2 Å². The van der Waals surface area contributed by atoms with E-state index >= 15 is 0 Å². The lowest BCUT2D eigenvalue weighted by molar-refractivity contribution is -0.220. The Morgan fingerprint density at radius 3 is 1.19 bits per heavy atom. The smallest absolute Gasteiger partial charge is 0.462 e. The second-order valence-electron chi connectivity index (χ2n) is 19.4. The van der Waals surface area contributed by atoms with Crippen LogP contribution in [0, 0.1) is 0 Å². The SMILES string of the molecule is CCCCCCCCCCCCC/C=C/CCC(=O)OC[C@H](COP(=O)(O)OC1C(O)C(O)C(O)[C@@H](O)C1O)OC(=O)CCCCCCCCCCCCCCCCCCCCCCCCC. The lowest BCUT2D eigenvalue weighted by Crippen LogP contribution is -2.64. The molecule has 0 aromatic rings. The van der Waals surface area contributed by atoms with Crippen LogP contribution in [0.2, 0.25) is 0 Å². The van der Waals surface area contributed by atoms with Crippen molar-refractivity contribution in [1.82, 2.24) is 0 Å². The lowest BCUT2D eigenvalue weighted by Gasteiger charge is -2.41. The largest absolute Gasteiger partial charge is 0.472 e. The second kappa shape index (κ2) is 43.4. The molecule has 0 spiro atoms. The number of carbonyl (C=O) groups is 2. The third kappa shape index (κ3) is 35.4. The van der Waals surface area contributed by atoms with Gasteiger partial charge in [-0.15, -0.1) is 0 Å². The Kier molecular flexibility index (Phi) is 41.2. The lowest BCUT2D eigenvalue weighted by atomic mass is 9.85. The van der Waals surface area contributed by atoms with Crippen LogP contribution in [-0.2, 0) is 32.7 Å². The molecule has 0 bridgehead atoms. The Morgan fingerprint density at radius 2 is 0.791 bits per heavy atom. The molecular weight excluding hydrogens is 876 g/mol. The van der Waals surface area contributed by atoms with Crippen LogP contribution in [0.15, 0.2) is 12.2 Å². The number of aliphatic hydroxyl groups is 5. The minimum atomic E-state index is -5.12. The van der Waals surface area contributed by atoms with Gasteiger partial charge in [0.15, 0.2) is 6.10 Å². The Morgan fingerprint density at radius 1 is 0.448 bits per heavy atom. The van der Waals surface area contributed by atoms with Crippen LogP contribution in [-0.4, -0.2) is 98.3 Å². The van der Waals surface area contributed by atoms with E-state index in [0.717, 1.165) is 32.1 Å². The molecule has 1 aliphatic rings. The third-order valence-corrected chi connectivity index (χ3v) is 14.1. The second-order valence-corrected chi connectivity index (χ2v) is 20.9. The molecule has 0 heterocycles. The van der Waals surface area contributed by atoms with Gasteiger partial charge in [-0.2, -0.15) is 0 Å². The molecule has 1 fully saturated rings. The number of ether oxygens (including phenoxy) is 2. The number of allylic oxidation sites excluding steroid dienone is 2. The van der Waals surface area contributed by atoms with Gasteiger partial charge in [0.2, 0.25) is 0 Å². The minimum Gasteiger partial charge on any atom is -0.462 e. The fourth-order valence-corrected chi connectivity index (χ4v) is 9.69. The van der Waals surface area contributed by atoms with Crippen LogP contribution in [0.4, 0.5) is 0 Å². The predicted molar refractivity (Wildman–Crippen MR) is 267 cm³/mol. The maximum absolute atomic E-state index is 12.9. The third-order valence-electron chi connectivity index (χ3n) is 13.1. The van der Waals surface area contributed by atoms with E-state index < -0.39 is 75.7 Å². The number of phosphoric acid groups is 1. The number of hydrogen-bond donors (Lipinski definition) is 6. The molecule has 1 rings (SSSR count). The van der Waals surface area contributed by atoms with E-state index in [4.69, 9.17) is 18.5 Å². The first kappa shape index (κ1) is 63.6. The molecule has 1 aliphatic carbocycles. The molecule has 13 nitrogen and oxygen atoms in total. The molecule has 6 unspecified atom stereocenters. The van der Waals surface area contributed by atoms with Gasteiger partial charge in [0, 0.05) is 12.8 Å². The number of phosphoric ester groups is 1. The molecule has 0 amide bonds. The highest BCUT2D eigenvalue weighted by atomic mass is 31.2. The van der Waals surface area contributed by atoms with Crippen molar-refractivity contribution < 1.29 is 63.1 Å². The summed E-state index contributed by atoms with van der Waals surface area (Å²) in [7, 11) is -5.12. The topological polar surface area (TPSA) is 210 Å². The molecule has 1 saturated carbocycles. The minimum absolute atomic E-state index is 0.0886. The average Bonchev–Trinajstić information content (AvgIpc) is 3.31. The highest BCUT2D eigenvalue weighted by Crippen LogP contribution is 2.47. The zero-order valence-electron chi connectivity index (χ0n) is 42.5. The number of esters is 2. The van der Waals surface area contributed by atoms with Crippen LogP contribution < -0.4 is 0 Å². The van der Waals surface area contributed by atoms with E-state index in [1.165, 1.54) is 186 Å². The first-order valence-electron chi connectivity index (χ1n) is 27.5. The number of carbonyl (C=O) groups excluding carboxylic acids is 2. The Bertz CT molecular complexity index is 1220. The Balaban J connectivity index is 2.34. The number of aliphatic hydroxyl groups excluding tert-OH is 5. The average molecular weight is 977 g/mol. The highest BCUT2D eigenvalue weighted by Gasteiger charge is 2.51. The van der Waals surface area contributed by atoms with Crippen LogP contribution in [0.3, 0.4) is 0 Å². The van der Waals surface area contributed by atoms with Crippen molar-refractivity contribution in [3.05, 3.63) is 12.2 Å². The summed E-state index contributed by atoms with van der Waals surface area (Å²) in [5.41, 5.74) is 0. The number of unbranched alkanes of at least 4 members (excludes halogenated alkanes) is 33. The van der Waals surface area contributed by atoms with E-state index in [0.29, 0.717) is 12.8 Å². The predicted octanol–water partition coefficient (Wildman–Crippen LogP) is 12.2. The molecule has 0 aliphatic heterocycles. The fraction of sp³-hybridized carbons (Fsp3) is 0.925. The van der Waals surface area contributed by atoms with Crippen molar-refractivity contribution in [2.24, 2.45) is 0 Å². The molecule has 67 heavy (non-hydrogen) atoms. The fourth-order valence-electron chi connectivity index (χ4n) is 8.72. The van der Waals surface area contributed by atoms with Crippen molar-refractivity contribution in [3.8, 4) is 0 Å². The molecule has 0 radical (unpaired) electrons. The molecule has 6 N–H and O–H groups in total. The van der Waals surface area contributed by atoms with Gasteiger partial charge in [0.1, 0.15) is 43.2 Å². The maximum Gasteiger partial charge on any atom is 0.472 e. The van der Waals surface area contributed by atoms with Crippen LogP contribution >= 0.6 is 7.82 Å². The molecule has 8 atom stereocenters. The molecule has 396 valence electrons. The summed E-state index contributed by atoms with van der Waals surface area (Å²) >= 11 is 0. The van der Waals surface area contributed by atoms with E-state index in [1.807, 2.05) is 6.08 Å². The van der Waals surface area contributed by atoms with Gasteiger partial charge in [0.05, 0.1) is 6.61 Å². The summed E-state index contributed by atoms with van der Waals surface area (Å²) in [5.74, 6) is -1.14. The summed E-state index contributed by atoms with van der Waals surface area (Å²) in [6.07, 6.45) is 35.7. The quantitative estimate of drug-likeness (QED) is 0.0145. The van der Waals surface area contributed by atoms with Crippen LogP contribution in [0.1, 0.15) is 258 Å². The van der Waals surface area contributed by atoms with Crippen molar-refractivity contribution in [3.63, 3.8) is 0 Å².